The van der Waals surface area contributed by atoms with Gasteiger partial charge in [-0.15, -0.1) is 24.0 Å². The van der Waals surface area contributed by atoms with Crippen LogP contribution in [0.1, 0.15) is 36.1 Å². The Kier molecular flexibility index (Phi) is 11.3. The lowest BCUT2D eigenvalue weighted by atomic mass is 10.1. The van der Waals surface area contributed by atoms with Gasteiger partial charge in [0, 0.05) is 18.7 Å². The van der Waals surface area contributed by atoms with E-state index in [9.17, 15) is 18.3 Å². The third-order valence-electron chi connectivity index (χ3n) is 3.97. The molecule has 3 N–H and O–H groups in total. The number of aliphatic hydroxyl groups excluding tert-OH is 1. The maximum Gasteiger partial charge on any atom is 0.416 e. The van der Waals surface area contributed by atoms with Crippen LogP contribution in [0.15, 0.2) is 59.6 Å². The zero-order valence-electron chi connectivity index (χ0n) is 16.5. The minimum absolute atomic E-state index is 0. The summed E-state index contributed by atoms with van der Waals surface area (Å²) in [6.45, 7) is 3.20. The molecule has 0 aliphatic heterocycles. The van der Waals surface area contributed by atoms with Crippen LogP contribution in [-0.2, 0) is 6.18 Å². The van der Waals surface area contributed by atoms with Crippen LogP contribution in [0.4, 0.5) is 13.2 Å². The van der Waals surface area contributed by atoms with Crippen LogP contribution in [0.25, 0.3) is 0 Å². The monoisotopic (exact) mass is 531 g/mol. The number of nitrogens with zero attached hydrogens (tertiary/aromatic N) is 1. The summed E-state index contributed by atoms with van der Waals surface area (Å²) >= 11 is 0. The molecule has 4 nitrogen and oxygen atoms in total. The number of hydrogen-bond donors (Lipinski definition) is 3. The van der Waals surface area contributed by atoms with Gasteiger partial charge in [0.2, 0.25) is 0 Å². The Bertz CT molecular complexity index is 861. The molecule has 0 saturated carbocycles. The standard InChI is InChI=1S/C22H24F3N3O.HI/c1-2-26-21(28-15-13-20(29)18-10-4-3-5-11-18)27-14-7-9-17-8-6-12-19(16-17)22(23,24)25;/h3-6,8,10-12,16,20,29H,2,13-15H2,1H3,(H2,26,27,28);1H. The predicted octanol–water partition coefficient (Wildman–Crippen LogP) is 4.35. The van der Waals surface area contributed by atoms with E-state index in [-0.39, 0.29) is 30.5 Å². The van der Waals surface area contributed by atoms with Crippen LogP contribution in [0, 0.1) is 11.8 Å². The number of benzene rings is 2. The topological polar surface area (TPSA) is 56.7 Å². The van der Waals surface area contributed by atoms with Crippen molar-refractivity contribution in [1.82, 2.24) is 10.6 Å². The molecule has 2 aromatic carbocycles. The van der Waals surface area contributed by atoms with E-state index < -0.39 is 17.8 Å². The summed E-state index contributed by atoms with van der Waals surface area (Å²) < 4.78 is 38.2. The van der Waals surface area contributed by atoms with Gasteiger partial charge in [-0.3, -0.25) is 4.99 Å². The predicted molar refractivity (Wildman–Crippen MR) is 124 cm³/mol. The summed E-state index contributed by atoms with van der Waals surface area (Å²) in [5.74, 6) is 6.04. The van der Waals surface area contributed by atoms with Crippen molar-refractivity contribution < 1.29 is 18.3 Å². The van der Waals surface area contributed by atoms with Gasteiger partial charge >= 0.3 is 6.18 Å². The summed E-state index contributed by atoms with van der Waals surface area (Å²) in [5, 5.41) is 16.2. The number of hydrogen-bond acceptors (Lipinski definition) is 2. The third kappa shape index (κ3) is 9.05. The van der Waals surface area contributed by atoms with Gasteiger partial charge in [0.05, 0.1) is 18.2 Å². The number of rotatable bonds is 6. The van der Waals surface area contributed by atoms with E-state index in [0.717, 1.165) is 17.7 Å². The first-order valence-electron chi connectivity index (χ1n) is 9.31. The summed E-state index contributed by atoms with van der Waals surface area (Å²) in [5.41, 5.74) is 0.422. The largest absolute Gasteiger partial charge is 0.416 e. The van der Waals surface area contributed by atoms with E-state index in [2.05, 4.69) is 27.5 Å². The Morgan fingerprint density at radius 3 is 2.50 bits per heavy atom. The molecular formula is C22H25F3IN3O. The molecule has 0 radical (unpaired) electrons. The lowest BCUT2D eigenvalue weighted by molar-refractivity contribution is -0.137. The first kappa shape index (κ1) is 25.8. The highest BCUT2D eigenvalue weighted by atomic mass is 127. The molecule has 2 rings (SSSR count). The molecular weight excluding hydrogens is 506 g/mol. The van der Waals surface area contributed by atoms with Crippen LogP contribution in [0.2, 0.25) is 0 Å². The minimum Gasteiger partial charge on any atom is -0.388 e. The molecule has 1 unspecified atom stereocenters. The molecule has 2 aromatic rings. The Balaban J connectivity index is 0.00000450. The van der Waals surface area contributed by atoms with E-state index in [1.165, 1.54) is 12.1 Å². The van der Waals surface area contributed by atoms with Crippen molar-refractivity contribution in [2.75, 3.05) is 19.6 Å². The molecule has 8 heteroatoms. The molecule has 30 heavy (non-hydrogen) atoms. The molecule has 1 atom stereocenters. The fourth-order valence-electron chi connectivity index (χ4n) is 2.53. The normalized spacial score (nSPS) is 12.2. The fourth-order valence-corrected chi connectivity index (χ4v) is 2.53. The lowest BCUT2D eigenvalue weighted by Gasteiger charge is -2.11. The molecule has 0 aliphatic rings. The van der Waals surface area contributed by atoms with Crippen LogP contribution in [0.5, 0.6) is 0 Å². The SMILES string of the molecule is CCNC(=NCCC(O)c1ccccc1)NCC#Cc1cccc(C(F)(F)F)c1.I. The van der Waals surface area contributed by atoms with Crippen molar-refractivity contribution in [3.8, 4) is 11.8 Å². The number of halogens is 4. The third-order valence-corrected chi connectivity index (χ3v) is 3.97. The van der Waals surface area contributed by atoms with E-state index in [1.807, 2.05) is 37.3 Å². The summed E-state index contributed by atoms with van der Waals surface area (Å²) in [7, 11) is 0. The van der Waals surface area contributed by atoms with Crippen molar-refractivity contribution >= 4 is 29.9 Å². The highest BCUT2D eigenvalue weighted by Gasteiger charge is 2.30. The van der Waals surface area contributed by atoms with Crippen molar-refractivity contribution in [3.05, 3.63) is 71.3 Å². The van der Waals surface area contributed by atoms with Crippen molar-refractivity contribution in [3.63, 3.8) is 0 Å². The zero-order valence-corrected chi connectivity index (χ0v) is 18.9. The Hall–Kier alpha value is -2.25. The Morgan fingerprint density at radius 2 is 1.83 bits per heavy atom. The van der Waals surface area contributed by atoms with Crippen LogP contribution in [-0.4, -0.2) is 30.7 Å². The highest BCUT2D eigenvalue weighted by molar-refractivity contribution is 14.0. The molecule has 0 bridgehead atoms. The second-order valence-corrected chi connectivity index (χ2v) is 6.21. The van der Waals surface area contributed by atoms with Gasteiger partial charge in [0.15, 0.2) is 5.96 Å². The van der Waals surface area contributed by atoms with Gasteiger partial charge < -0.3 is 15.7 Å². The summed E-state index contributed by atoms with van der Waals surface area (Å²) in [6.07, 6.45) is -4.51. The van der Waals surface area contributed by atoms with Crippen LogP contribution < -0.4 is 10.6 Å². The van der Waals surface area contributed by atoms with Crippen molar-refractivity contribution in [1.29, 1.82) is 0 Å². The first-order chi connectivity index (χ1) is 13.9. The van der Waals surface area contributed by atoms with Crippen molar-refractivity contribution in [2.24, 2.45) is 4.99 Å². The van der Waals surface area contributed by atoms with Crippen molar-refractivity contribution in [2.45, 2.75) is 25.6 Å². The number of nitrogens with one attached hydrogen (secondary N) is 2. The Morgan fingerprint density at radius 1 is 1.10 bits per heavy atom. The van der Waals surface area contributed by atoms with E-state index in [1.54, 1.807) is 0 Å². The molecule has 162 valence electrons. The van der Waals surface area contributed by atoms with Gasteiger partial charge in [-0.05, 0) is 37.1 Å². The molecule has 0 fully saturated rings. The van der Waals surface area contributed by atoms with Gasteiger partial charge in [-0.1, -0.05) is 48.2 Å². The van der Waals surface area contributed by atoms with E-state index in [0.29, 0.717) is 31.0 Å². The molecule has 0 saturated heterocycles. The average Bonchev–Trinajstić information content (AvgIpc) is 2.71. The highest BCUT2D eigenvalue weighted by Crippen LogP contribution is 2.29. The van der Waals surface area contributed by atoms with Gasteiger partial charge in [-0.25, -0.2) is 0 Å². The summed E-state index contributed by atoms with van der Waals surface area (Å²) in [4.78, 5) is 4.39. The molecule has 0 heterocycles. The maximum absolute atomic E-state index is 12.7. The van der Waals surface area contributed by atoms with Gasteiger partial charge in [0.1, 0.15) is 0 Å². The van der Waals surface area contributed by atoms with Gasteiger partial charge in [0.25, 0.3) is 0 Å². The maximum atomic E-state index is 12.7. The Labute approximate surface area is 192 Å². The number of guanidine groups is 1. The van der Waals surface area contributed by atoms with Gasteiger partial charge in [-0.2, -0.15) is 13.2 Å². The average molecular weight is 531 g/mol. The lowest BCUT2D eigenvalue weighted by Crippen LogP contribution is -2.37. The molecule has 0 aliphatic carbocycles. The van der Waals surface area contributed by atoms with E-state index in [4.69, 9.17) is 0 Å². The smallest absolute Gasteiger partial charge is 0.388 e. The van der Waals surface area contributed by atoms with Crippen LogP contribution >= 0.6 is 24.0 Å². The minimum atomic E-state index is -4.38. The zero-order chi connectivity index (χ0) is 21.1. The second-order valence-electron chi connectivity index (χ2n) is 6.21. The van der Waals surface area contributed by atoms with Crippen LogP contribution in [0.3, 0.4) is 0 Å². The molecule has 0 aromatic heterocycles. The summed E-state index contributed by atoms with van der Waals surface area (Å²) in [6, 6.07) is 14.3. The number of alkyl halides is 3. The van der Waals surface area contributed by atoms with E-state index >= 15 is 0 Å². The number of aliphatic imine (C=N–C) groups is 1. The quantitative estimate of drug-likeness (QED) is 0.225. The fraction of sp³-hybridized carbons (Fsp3) is 0.318. The molecule has 0 amide bonds. The first-order valence-corrected chi connectivity index (χ1v) is 9.31. The molecule has 0 spiro atoms. The second kappa shape index (κ2) is 13.1. The number of aliphatic hydroxyl groups is 1.